The number of thiophene rings is 1. The quantitative estimate of drug-likeness (QED) is 0.299. The van der Waals surface area contributed by atoms with E-state index in [2.05, 4.69) is 9.97 Å². The molecule has 0 bridgehead atoms. The number of fused-ring (bicyclic) bond motifs is 1. The monoisotopic (exact) mass is 507 g/mol. The van der Waals surface area contributed by atoms with Gasteiger partial charge in [0.05, 0.1) is 38.4 Å². The fourth-order valence-corrected chi connectivity index (χ4v) is 5.15. The average molecular weight is 508 g/mol. The summed E-state index contributed by atoms with van der Waals surface area (Å²) in [7, 11) is 1.31. The van der Waals surface area contributed by atoms with Crippen LogP contribution in [0, 0.1) is 6.92 Å². The summed E-state index contributed by atoms with van der Waals surface area (Å²) in [5.74, 6) is -0.0284. The molecule has 2 aromatic carbocycles. The van der Waals surface area contributed by atoms with Crippen LogP contribution in [0.5, 0.6) is 0 Å². The van der Waals surface area contributed by atoms with Crippen molar-refractivity contribution in [2.75, 3.05) is 20.3 Å². The molecule has 2 N–H and O–H groups in total. The van der Waals surface area contributed by atoms with E-state index in [4.69, 9.17) is 9.47 Å². The van der Waals surface area contributed by atoms with E-state index in [1.165, 1.54) is 7.11 Å². The molecule has 4 rings (SSSR count). The van der Waals surface area contributed by atoms with E-state index in [9.17, 15) is 14.7 Å². The smallest absolute Gasteiger partial charge is 0.348 e. The van der Waals surface area contributed by atoms with Crippen LogP contribution in [-0.4, -0.2) is 52.3 Å². The second kappa shape index (κ2) is 12.0. The van der Waals surface area contributed by atoms with E-state index in [-0.39, 0.29) is 12.2 Å². The summed E-state index contributed by atoms with van der Waals surface area (Å²) < 4.78 is 10.6. The normalized spacial score (nSPS) is 12.2. The van der Waals surface area contributed by atoms with E-state index in [0.29, 0.717) is 52.7 Å². The van der Waals surface area contributed by atoms with Crippen LogP contribution in [0.4, 0.5) is 0 Å². The van der Waals surface area contributed by atoms with Gasteiger partial charge >= 0.3 is 5.97 Å². The lowest BCUT2D eigenvalue weighted by atomic mass is 10.2. The van der Waals surface area contributed by atoms with Gasteiger partial charge in [-0.1, -0.05) is 60.7 Å². The summed E-state index contributed by atoms with van der Waals surface area (Å²) in [6.45, 7) is 3.49. The first-order valence-electron chi connectivity index (χ1n) is 11.6. The van der Waals surface area contributed by atoms with Gasteiger partial charge in [0.25, 0.3) is 5.56 Å². The van der Waals surface area contributed by atoms with E-state index in [1.807, 2.05) is 65.6 Å². The number of methoxy groups -OCH3 is 1. The van der Waals surface area contributed by atoms with Crippen molar-refractivity contribution in [2.45, 2.75) is 32.7 Å². The van der Waals surface area contributed by atoms with Crippen LogP contribution in [-0.2, 0) is 29.2 Å². The van der Waals surface area contributed by atoms with Crippen LogP contribution in [0.1, 0.15) is 32.2 Å². The lowest BCUT2D eigenvalue weighted by Crippen LogP contribution is -2.35. The zero-order chi connectivity index (χ0) is 25.5. The Morgan fingerprint density at radius 3 is 2.42 bits per heavy atom. The first-order valence-corrected chi connectivity index (χ1v) is 12.4. The number of aromatic amines is 1. The lowest BCUT2D eigenvalue weighted by molar-refractivity contribution is 0.00673. The zero-order valence-corrected chi connectivity index (χ0v) is 21.1. The van der Waals surface area contributed by atoms with Gasteiger partial charge in [0.1, 0.15) is 15.5 Å². The van der Waals surface area contributed by atoms with Crippen molar-refractivity contribution in [3.05, 3.63) is 98.4 Å². The number of rotatable bonds is 11. The summed E-state index contributed by atoms with van der Waals surface area (Å²) in [6, 6.07) is 19.7. The van der Waals surface area contributed by atoms with Crippen molar-refractivity contribution in [1.29, 1.82) is 0 Å². The summed E-state index contributed by atoms with van der Waals surface area (Å²) in [5, 5.41) is 11.1. The number of aliphatic hydroxyl groups excluding tert-OH is 1. The number of carbonyl (C=O) groups is 1. The fraction of sp³-hybridized carbons (Fsp3) is 0.296. The number of esters is 1. The van der Waals surface area contributed by atoms with Gasteiger partial charge in [-0.05, 0) is 23.6 Å². The molecular weight excluding hydrogens is 478 g/mol. The maximum Gasteiger partial charge on any atom is 0.348 e. The average Bonchev–Trinajstić information content (AvgIpc) is 3.21. The second-order valence-corrected chi connectivity index (χ2v) is 9.55. The molecule has 0 aliphatic carbocycles. The standard InChI is InChI=1S/C27H29N3O5S/c1-18-23-25(32)28-22(29-26(23)36-24(18)27(33)34-2)15-30(13-19-9-5-3-6-10-19)14-21(31)17-35-16-20-11-7-4-8-12-20/h3-12,21,31H,13-17H2,1-2H3,(H,28,29,32)/t21-/m0/s1. The molecule has 8 nitrogen and oxygen atoms in total. The number of hydrogen-bond acceptors (Lipinski definition) is 8. The Kier molecular flexibility index (Phi) is 8.61. The third-order valence-corrected chi connectivity index (χ3v) is 6.90. The van der Waals surface area contributed by atoms with Crippen molar-refractivity contribution in [1.82, 2.24) is 14.9 Å². The predicted octanol–water partition coefficient (Wildman–Crippen LogP) is 3.66. The number of nitrogens with one attached hydrogen (secondary N) is 1. The number of aliphatic hydroxyl groups is 1. The minimum absolute atomic E-state index is 0.176. The van der Waals surface area contributed by atoms with Crippen LogP contribution in [0.2, 0.25) is 0 Å². The number of ether oxygens (including phenoxy) is 2. The van der Waals surface area contributed by atoms with Crippen LogP contribution in [0.3, 0.4) is 0 Å². The van der Waals surface area contributed by atoms with Crippen LogP contribution in [0.25, 0.3) is 10.2 Å². The Morgan fingerprint density at radius 1 is 1.08 bits per heavy atom. The third kappa shape index (κ3) is 6.44. The minimum atomic E-state index is -0.734. The zero-order valence-electron chi connectivity index (χ0n) is 20.3. The van der Waals surface area contributed by atoms with E-state index >= 15 is 0 Å². The predicted molar refractivity (Wildman–Crippen MR) is 139 cm³/mol. The van der Waals surface area contributed by atoms with Crippen molar-refractivity contribution < 1.29 is 19.4 Å². The van der Waals surface area contributed by atoms with Crippen molar-refractivity contribution in [3.8, 4) is 0 Å². The van der Waals surface area contributed by atoms with Gasteiger partial charge in [-0.15, -0.1) is 11.3 Å². The van der Waals surface area contributed by atoms with Gasteiger partial charge in [-0.2, -0.15) is 0 Å². The Bertz CT molecular complexity index is 1350. The number of carbonyl (C=O) groups excluding carboxylic acids is 1. The molecule has 36 heavy (non-hydrogen) atoms. The SMILES string of the molecule is COC(=O)c1sc2nc(CN(Cc3ccccc3)C[C@H](O)COCc3ccccc3)[nH]c(=O)c2c1C. The number of aromatic nitrogens is 2. The summed E-state index contributed by atoms with van der Waals surface area (Å²) in [4.78, 5) is 35.3. The molecule has 188 valence electrons. The number of aryl methyl sites for hydroxylation is 1. The summed E-state index contributed by atoms with van der Waals surface area (Å²) in [5.41, 5.74) is 2.37. The molecule has 0 spiro atoms. The van der Waals surface area contributed by atoms with E-state index in [0.717, 1.165) is 22.5 Å². The second-order valence-electron chi connectivity index (χ2n) is 8.55. The highest BCUT2D eigenvalue weighted by Gasteiger charge is 2.21. The molecule has 1 atom stereocenters. The first-order chi connectivity index (χ1) is 17.4. The first kappa shape index (κ1) is 25.7. The van der Waals surface area contributed by atoms with Gasteiger partial charge in [-0.25, -0.2) is 9.78 Å². The lowest BCUT2D eigenvalue weighted by Gasteiger charge is -2.25. The highest BCUT2D eigenvalue weighted by Crippen LogP contribution is 2.27. The molecule has 0 saturated carbocycles. The molecule has 0 saturated heterocycles. The van der Waals surface area contributed by atoms with Gasteiger partial charge in [0, 0.05) is 13.1 Å². The molecule has 0 amide bonds. The van der Waals surface area contributed by atoms with E-state index < -0.39 is 12.1 Å². The summed E-state index contributed by atoms with van der Waals surface area (Å²) >= 11 is 1.15. The molecule has 0 radical (unpaired) electrons. The molecule has 0 fully saturated rings. The largest absolute Gasteiger partial charge is 0.465 e. The molecule has 0 aliphatic rings. The van der Waals surface area contributed by atoms with Crippen molar-refractivity contribution in [2.24, 2.45) is 0 Å². The van der Waals surface area contributed by atoms with Gasteiger partial charge in [-0.3, -0.25) is 9.69 Å². The van der Waals surface area contributed by atoms with Crippen LogP contribution in [0.15, 0.2) is 65.5 Å². The summed E-state index contributed by atoms with van der Waals surface area (Å²) in [6.07, 6.45) is -0.734. The van der Waals surface area contributed by atoms with Crippen molar-refractivity contribution >= 4 is 27.5 Å². The topological polar surface area (TPSA) is 105 Å². The Morgan fingerprint density at radius 2 is 1.75 bits per heavy atom. The van der Waals surface area contributed by atoms with Gasteiger partial charge < -0.3 is 19.6 Å². The molecule has 4 aromatic rings. The highest BCUT2D eigenvalue weighted by atomic mass is 32.1. The molecule has 9 heteroatoms. The van der Waals surface area contributed by atoms with Crippen LogP contribution < -0.4 is 5.56 Å². The number of nitrogens with zero attached hydrogens (tertiary/aromatic N) is 2. The molecule has 0 aliphatic heterocycles. The Balaban J connectivity index is 1.50. The number of hydrogen-bond donors (Lipinski definition) is 2. The maximum atomic E-state index is 12.9. The van der Waals surface area contributed by atoms with Gasteiger partial charge in [0.15, 0.2) is 0 Å². The number of H-pyrrole nitrogens is 1. The minimum Gasteiger partial charge on any atom is -0.465 e. The fourth-order valence-electron chi connectivity index (χ4n) is 4.03. The third-order valence-electron chi connectivity index (χ3n) is 5.73. The number of benzene rings is 2. The molecule has 2 aromatic heterocycles. The Labute approximate surface area is 213 Å². The van der Waals surface area contributed by atoms with Crippen LogP contribution >= 0.6 is 11.3 Å². The maximum absolute atomic E-state index is 12.9. The van der Waals surface area contributed by atoms with E-state index in [1.54, 1.807) is 6.92 Å². The molecule has 0 unspecified atom stereocenters. The van der Waals surface area contributed by atoms with Gasteiger partial charge in [0.2, 0.25) is 0 Å². The molecule has 2 heterocycles. The molecular formula is C27H29N3O5S. The highest BCUT2D eigenvalue weighted by molar-refractivity contribution is 7.20. The van der Waals surface area contributed by atoms with Crippen molar-refractivity contribution in [3.63, 3.8) is 0 Å². The Hall–Kier alpha value is -3.37.